The second-order valence-electron chi connectivity index (χ2n) is 6.07. The van der Waals surface area contributed by atoms with Crippen LogP contribution in [-0.2, 0) is 6.54 Å². The van der Waals surface area contributed by atoms with E-state index >= 15 is 0 Å². The largest absolute Gasteiger partial charge is 0.285 e. The Labute approximate surface area is 142 Å². The highest BCUT2D eigenvalue weighted by Gasteiger charge is 2.04. The van der Waals surface area contributed by atoms with E-state index in [-0.39, 0.29) is 0 Å². The first-order valence-corrected chi connectivity index (χ1v) is 8.29. The van der Waals surface area contributed by atoms with Gasteiger partial charge >= 0.3 is 0 Å². The van der Waals surface area contributed by atoms with Crippen LogP contribution in [0.2, 0.25) is 0 Å². The molecular weight excluding hydrogens is 290 g/mol. The van der Waals surface area contributed by atoms with Gasteiger partial charge in [-0.25, -0.2) is 0 Å². The number of aliphatic imine (C=N–C) groups is 1. The molecule has 1 nitrogen and oxygen atoms in total. The Balaban J connectivity index is 1.72. The van der Waals surface area contributed by atoms with E-state index in [9.17, 15) is 0 Å². The van der Waals surface area contributed by atoms with Crippen molar-refractivity contribution in [1.82, 2.24) is 0 Å². The minimum Gasteiger partial charge on any atom is -0.285 e. The smallest absolute Gasteiger partial charge is 0.0649 e. The average molecular weight is 309 g/mol. The summed E-state index contributed by atoms with van der Waals surface area (Å²) >= 11 is 0. The molecule has 0 bridgehead atoms. The zero-order valence-corrected chi connectivity index (χ0v) is 13.7. The lowest BCUT2D eigenvalue weighted by atomic mass is 10.0. The summed E-state index contributed by atoms with van der Waals surface area (Å²) in [5, 5.41) is 5.08. The maximum Gasteiger partial charge on any atom is 0.0649 e. The van der Waals surface area contributed by atoms with Crippen LogP contribution in [0.1, 0.15) is 18.1 Å². The van der Waals surface area contributed by atoms with Crippen LogP contribution in [0.5, 0.6) is 0 Å². The molecule has 4 aromatic rings. The maximum atomic E-state index is 4.88. The Morgan fingerprint density at radius 2 is 1.25 bits per heavy atom. The van der Waals surface area contributed by atoms with Crippen molar-refractivity contribution in [1.29, 1.82) is 0 Å². The predicted octanol–water partition coefficient (Wildman–Crippen LogP) is 6.00. The molecule has 0 fully saturated rings. The van der Waals surface area contributed by atoms with Crippen LogP contribution in [0.15, 0.2) is 89.9 Å². The third kappa shape index (κ3) is 2.69. The minimum atomic E-state index is 0.705. The number of hydrogen-bond donors (Lipinski definition) is 0. The van der Waals surface area contributed by atoms with Gasteiger partial charge in [0.25, 0.3) is 0 Å². The average Bonchev–Trinajstić information content (AvgIpc) is 2.65. The lowest BCUT2D eigenvalue weighted by Crippen LogP contribution is -1.97. The molecule has 0 aliphatic carbocycles. The Kier molecular flexibility index (Phi) is 3.84. The number of fused-ring (bicyclic) bond motifs is 2. The molecule has 0 aliphatic heterocycles. The SMILES string of the molecule is CC(=NCc1cccc2ccccc12)c1cccc2ccccc12. The normalized spacial score (nSPS) is 12.0. The second kappa shape index (κ2) is 6.29. The summed E-state index contributed by atoms with van der Waals surface area (Å²) < 4.78 is 0. The molecule has 0 unspecified atom stereocenters. The van der Waals surface area contributed by atoms with Crippen molar-refractivity contribution in [3.05, 3.63) is 96.1 Å². The molecule has 0 saturated heterocycles. The van der Waals surface area contributed by atoms with Gasteiger partial charge in [-0.15, -0.1) is 0 Å². The van der Waals surface area contributed by atoms with Crippen LogP contribution in [0.3, 0.4) is 0 Å². The summed E-state index contributed by atoms with van der Waals surface area (Å²) in [6.45, 7) is 2.81. The van der Waals surface area contributed by atoms with Crippen molar-refractivity contribution in [2.24, 2.45) is 4.99 Å². The van der Waals surface area contributed by atoms with Crippen molar-refractivity contribution in [2.45, 2.75) is 13.5 Å². The van der Waals surface area contributed by atoms with E-state index in [1.54, 1.807) is 0 Å². The van der Waals surface area contributed by atoms with E-state index < -0.39 is 0 Å². The highest BCUT2D eigenvalue weighted by molar-refractivity contribution is 6.09. The van der Waals surface area contributed by atoms with Crippen LogP contribution in [-0.4, -0.2) is 5.71 Å². The number of benzene rings is 4. The molecule has 0 amide bonds. The summed E-state index contributed by atoms with van der Waals surface area (Å²) in [7, 11) is 0. The van der Waals surface area contributed by atoms with Crippen molar-refractivity contribution in [3.63, 3.8) is 0 Å². The quantitative estimate of drug-likeness (QED) is 0.411. The van der Waals surface area contributed by atoms with Crippen molar-refractivity contribution >= 4 is 27.3 Å². The van der Waals surface area contributed by atoms with Crippen LogP contribution < -0.4 is 0 Å². The highest BCUT2D eigenvalue weighted by Crippen LogP contribution is 2.21. The molecule has 0 saturated carbocycles. The summed E-state index contributed by atoms with van der Waals surface area (Å²) in [5.41, 5.74) is 3.57. The Bertz CT molecular complexity index is 1030. The lowest BCUT2D eigenvalue weighted by Gasteiger charge is -2.08. The van der Waals surface area contributed by atoms with Gasteiger partial charge in [-0.1, -0.05) is 84.9 Å². The van der Waals surface area contributed by atoms with Gasteiger partial charge in [0.1, 0.15) is 0 Å². The minimum absolute atomic E-state index is 0.705. The molecule has 0 N–H and O–H groups in total. The predicted molar refractivity (Wildman–Crippen MR) is 104 cm³/mol. The number of nitrogens with zero attached hydrogens (tertiary/aromatic N) is 1. The summed E-state index contributed by atoms with van der Waals surface area (Å²) in [6, 6.07) is 29.8. The monoisotopic (exact) mass is 309 g/mol. The lowest BCUT2D eigenvalue weighted by molar-refractivity contribution is 1.08. The molecule has 4 rings (SSSR count). The first-order valence-electron chi connectivity index (χ1n) is 8.29. The van der Waals surface area contributed by atoms with E-state index in [0.29, 0.717) is 6.54 Å². The van der Waals surface area contributed by atoms with Gasteiger partial charge in [0.05, 0.1) is 6.54 Å². The van der Waals surface area contributed by atoms with E-state index in [1.807, 2.05) is 0 Å². The van der Waals surface area contributed by atoms with E-state index in [0.717, 1.165) is 5.71 Å². The van der Waals surface area contributed by atoms with E-state index in [2.05, 4.69) is 91.9 Å². The molecule has 0 spiro atoms. The highest BCUT2D eigenvalue weighted by atomic mass is 14.7. The molecular formula is C23H19N. The van der Waals surface area contributed by atoms with Gasteiger partial charge in [0.2, 0.25) is 0 Å². The van der Waals surface area contributed by atoms with Crippen LogP contribution in [0.4, 0.5) is 0 Å². The zero-order chi connectivity index (χ0) is 16.4. The second-order valence-corrected chi connectivity index (χ2v) is 6.07. The third-order valence-electron chi connectivity index (χ3n) is 4.55. The fraction of sp³-hybridized carbons (Fsp3) is 0.0870. The van der Waals surface area contributed by atoms with E-state index in [1.165, 1.54) is 32.7 Å². The van der Waals surface area contributed by atoms with Gasteiger partial charge in [-0.2, -0.15) is 0 Å². The summed E-state index contributed by atoms with van der Waals surface area (Å²) in [5.74, 6) is 0. The fourth-order valence-electron chi connectivity index (χ4n) is 3.26. The first kappa shape index (κ1) is 14.6. The van der Waals surface area contributed by atoms with E-state index in [4.69, 9.17) is 4.99 Å². The molecule has 4 aromatic carbocycles. The van der Waals surface area contributed by atoms with Gasteiger partial charge in [-0.3, -0.25) is 4.99 Å². The van der Waals surface area contributed by atoms with Crippen molar-refractivity contribution in [2.75, 3.05) is 0 Å². The standard InChI is InChI=1S/C23H19N/c1-17(21-15-7-11-19-9-3-5-14-23(19)21)24-16-20-12-6-10-18-8-2-4-13-22(18)20/h2-15H,16H2,1H3. The van der Waals surface area contributed by atoms with Gasteiger partial charge in [-0.05, 0) is 34.0 Å². The molecule has 0 heterocycles. The van der Waals surface area contributed by atoms with Crippen molar-refractivity contribution in [3.8, 4) is 0 Å². The molecule has 0 radical (unpaired) electrons. The first-order chi connectivity index (χ1) is 11.8. The maximum absolute atomic E-state index is 4.88. The number of rotatable bonds is 3. The molecule has 0 atom stereocenters. The van der Waals surface area contributed by atoms with Crippen LogP contribution in [0, 0.1) is 0 Å². The van der Waals surface area contributed by atoms with Crippen molar-refractivity contribution < 1.29 is 0 Å². The van der Waals surface area contributed by atoms with Gasteiger partial charge in [0, 0.05) is 11.3 Å². The van der Waals surface area contributed by atoms with Gasteiger partial charge < -0.3 is 0 Å². The fourth-order valence-corrected chi connectivity index (χ4v) is 3.26. The Hall–Kier alpha value is -2.93. The summed E-state index contributed by atoms with van der Waals surface area (Å²) in [6.07, 6.45) is 0. The summed E-state index contributed by atoms with van der Waals surface area (Å²) in [4.78, 5) is 4.88. The van der Waals surface area contributed by atoms with Crippen LogP contribution in [0.25, 0.3) is 21.5 Å². The topological polar surface area (TPSA) is 12.4 Å². The third-order valence-corrected chi connectivity index (χ3v) is 4.55. The Morgan fingerprint density at radius 1 is 0.667 bits per heavy atom. The number of hydrogen-bond acceptors (Lipinski definition) is 1. The molecule has 0 aromatic heterocycles. The van der Waals surface area contributed by atoms with Crippen LogP contribution >= 0.6 is 0 Å². The Morgan fingerprint density at radius 3 is 2.04 bits per heavy atom. The molecule has 1 heteroatoms. The molecule has 0 aliphatic rings. The molecule has 116 valence electrons. The van der Waals surface area contributed by atoms with Gasteiger partial charge in [0.15, 0.2) is 0 Å². The zero-order valence-electron chi connectivity index (χ0n) is 13.7. The molecule has 24 heavy (non-hydrogen) atoms.